The van der Waals surface area contributed by atoms with Crippen LogP contribution in [0, 0.1) is 0 Å². The molecule has 31 heavy (non-hydrogen) atoms. The molecule has 4 rings (SSSR count). The van der Waals surface area contributed by atoms with E-state index in [1.807, 2.05) is 59.4 Å². The molecule has 156 valence electrons. The number of aromatic nitrogens is 2. The normalized spacial score (nSPS) is 10.5. The lowest BCUT2D eigenvalue weighted by atomic mass is 10.1. The van der Waals surface area contributed by atoms with E-state index in [0.717, 1.165) is 11.1 Å². The molecule has 4 aromatic rings. The van der Waals surface area contributed by atoms with Crippen molar-refractivity contribution in [1.82, 2.24) is 15.1 Å². The van der Waals surface area contributed by atoms with Crippen molar-refractivity contribution in [1.29, 1.82) is 0 Å². The van der Waals surface area contributed by atoms with E-state index in [9.17, 15) is 9.59 Å². The molecule has 3 amide bonds. The van der Waals surface area contributed by atoms with Gasteiger partial charge in [0, 0.05) is 24.6 Å². The molecule has 0 bridgehead atoms. The van der Waals surface area contributed by atoms with Gasteiger partial charge in [-0.1, -0.05) is 42.5 Å². The van der Waals surface area contributed by atoms with Crippen LogP contribution in [0.5, 0.6) is 0 Å². The number of benzene rings is 2. The van der Waals surface area contributed by atoms with Gasteiger partial charge in [-0.3, -0.25) is 14.8 Å². The third-order valence-electron chi connectivity index (χ3n) is 4.48. The van der Waals surface area contributed by atoms with E-state index in [4.69, 9.17) is 0 Å². The first kappa shape index (κ1) is 20.4. The molecule has 0 aliphatic carbocycles. The molecule has 8 heteroatoms. The Labute approximate surface area is 183 Å². The van der Waals surface area contributed by atoms with Crippen molar-refractivity contribution in [2.75, 3.05) is 10.6 Å². The second-order valence-corrected chi connectivity index (χ2v) is 7.90. The number of rotatable bonds is 7. The SMILES string of the molecule is O=C(Nc1ccccc1)Nc1ccc(C(=O)NCc2ccc(Cn3cccn3)cc2)s1. The molecule has 0 unspecified atom stereocenters. The van der Waals surface area contributed by atoms with Gasteiger partial charge in [0.15, 0.2) is 0 Å². The summed E-state index contributed by atoms with van der Waals surface area (Å²) in [4.78, 5) is 25.1. The van der Waals surface area contributed by atoms with Crippen LogP contribution in [0.1, 0.15) is 20.8 Å². The number of para-hydroxylation sites is 1. The largest absolute Gasteiger partial charge is 0.347 e. The molecule has 0 radical (unpaired) electrons. The summed E-state index contributed by atoms with van der Waals surface area (Å²) < 4.78 is 1.86. The van der Waals surface area contributed by atoms with Gasteiger partial charge in [0.05, 0.1) is 16.4 Å². The first-order chi connectivity index (χ1) is 15.2. The minimum absolute atomic E-state index is 0.179. The zero-order valence-corrected chi connectivity index (χ0v) is 17.4. The number of anilines is 2. The van der Waals surface area contributed by atoms with Crippen LogP contribution in [-0.2, 0) is 13.1 Å². The number of thiophene rings is 1. The Morgan fingerprint density at radius 3 is 2.39 bits per heavy atom. The van der Waals surface area contributed by atoms with E-state index >= 15 is 0 Å². The highest BCUT2D eigenvalue weighted by Gasteiger charge is 2.11. The van der Waals surface area contributed by atoms with Crippen LogP contribution < -0.4 is 16.0 Å². The van der Waals surface area contributed by atoms with E-state index in [2.05, 4.69) is 21.0 Å². The van der Waals surface area contributed by atoms with E-state index in [1.165, 1.54) is 11.3 Å². The Hall–Kier alpha value is -3.91. The van der Waals surface area contributed by atoms with Crippen LogP contribution in [-0.4, -0.2) is 21.7 Å². The van der Waals surface area contributed by atoms with Gasteiger partial charge >= 0.3 is 6.03 Å². The summed E-state index contributed by atoms with van der Waals surface area (Å²) in [6.07, 6.45) is 3.68. The molecule has 0 spiro atoms. The van der Waals surface area contributed by atoms with Crippen molar-refractivity contribution in [3.05, 3.63) is 101 Å². The maximum Gasteiger partial charge on any atom is 0.324 e. The van der Waals surface area contributed by atoms with Gasteiger partial charge in [0.1, 0.15) is 0 Å². The highest BCUT2D eigenvalue weighted by molar-refractivity contribution is 7.18. The van der Waals surface area contributed by atoms with E-state index in [1.54, 1.807) is 30.5 Å². The Morgan fingerprint density at radius 2 is 1.65 bits per heavy atom. The second-order valence-electron chi connectivity index (χ2n) is 6.81. The molecule has 0 saturated carbocycles. The number of carbonyl (C=O) groups is 2. The van der Waals surface area contributed by atoms with Crippen molar-refractivity contribution >= 4 is 34.0 Å². The molecule has 0 saturated heterocycles. The molecule has 2 aromatic heterocycles. The fourth-order valence-electron chi connectivity index (χ4n) is 2.94. The summed E-state index contributed by atoms with van der Waals surface area (Å²) in [7, 11) is 0. The molecule has 7 nitrogen and oxygen atoms in total. The van der Waals surface area contributed by atoms with E-state index in [-0.39, 0.29) is 11.9 Å². The average Bonchev–Trinajstić information content (AvgIpc) is 3.46. The standard InChI is InChI=1S/C23H21N5O2S/c29-22(24-15-17-7-9-18(10-8-17)16-28-14-4-13-25-28)20-11-12-21(31-20)27-23(30)26-19-5-2-1-3-6-19/h1-14H,15-16H2,(H,24,29)(H2,26,27,30). The fraction of sp³-hybridized carbons (Fsp3) is 0.0870. The van der Waals surface area contributed by atoms with Crippen molar-refractivity contribution in [2.24, 2.45) is 0 Å². The first-order valence-electron chi connectivity index (χ1n) is 9.72. The van der Waals surface area contributed by atoms with Crippen LogP contribution >= 0.6 is 11.3 Å². The molecule has 0 fully saturated rings. The topological polar surface area (TPSA) is 88.0 Å². The van der Waals surface area contributed by atoms with Gasteiger partial charge in [-0.2, -0.15) is 5.10 Å². The zero-order chi connectivity index (χ0) is 21.5. The van der Waals surface area contributed by atoms with Gasteiger partial charge in [0.2, 0.25) is 0 Å². The number of amides is 3. The summed E-state index contributed by atoms with van der Waals surface area (Å²) >= 11 is 1.23. The summed E-state index contributed by atoms with van der Waals surface area (Å²) in [5.74, 6) is -0.179. The minimum atomic E-state index is -0.352. The lowest BCUT2D eigenvalue weighted by Crippen LogP contribution is -2.21. The van der Waals surface area contributed by atoms with Crippen LogP contribution in [0.25, 0.3) is 0 Å². The van der Waals surface area contributed by atoms with Gasteiger partial charge < -0.3 is 10.6 Å². The van der Waals surface area contributed by atoms with Gasteiger partial charge in [-0.15, -0.1) is 11.3 Å². The van der Waals surface area contributed by atoms with Crippen molar-refractivity contribution in [2.45, 2.75) is 13.1 Å². The lowest BCUT2D eigenvalue weighted by Gasteiger charge is -2.06. The molecule has 2 aromatic carbocycles. The summed E-state index contributed by atoms with van der Waals surface area (Å²) in [6.45, 7) is 1.14. The number of nitrogens with zero attached hydrogens (tertiary/aromatic N) is 2. The Kier molecular flexibility index (Phi) is 6.39. The maximum atomic E-state index is 12.4. The summed E-state index contributed by atoms with van der Waals surface area (Å²) in [6, 6.07) is 22.2. The smallest absolute Gasteiger partial charge is 0.324 e. The van der Waals surface area contributed by atoms with Crippen LogP contribution in [0.2, 0.25) is 0 Å². The third kappa shape index (κ3) is 5.80. The predicted octanol–water partition coefficient (Wildman–Crippen LogP) is 4.57. The summed E-state index contributed by atoms with van der Waals surface area (Å²) in [5, 5.41) is 13.2. The Bertz CT molecular complexity index is 1140. The van der Waals surface area contributed by atoms with Crippen LogP contribution in [0.3, 0.4) is 0 Å². The molecule has 2 heterocycles. The molecular weight excluding hydrogens is 410 g/mol. The van der Waals surface area contributed by atoms with Crippen molar-refractivity contribution in [3.63, 3.8) is 0 Å². The summed E-state index contributed by atoms with van der Waals surface area (Å²) in [5.41, 5.74) is 2.85. The fourth-order valence-corrected chi connectivity index (χ4v) is 3.75. The highest BCUT2D eigenvalue weighted by atomic mass is 32.1. The van der Waals surface area contributed by atoms with Gasteiger partial charge in [-0.05, 0) is 41.5 Å². The van der Waals surface area contributed by atoms with Crippen LogP contribution in [0.4, 0.5) is 15.5 Å². The Balaban J connectivity index is 1.26. The highest BCUT2D eigenvalue weighted by Crippen LogP contribution is 2.22. The number of nitrogens with one attached hydrogen (secondary N) is 3. The number of urea groups is 1. The third-order valence-corrected chi connectivity index (χ3v) is 5.48. The average molecular weight is 432 g/mol. The van der Waals surface area contributed by atoms with Crippen LogP contribution in [0.15, 0.2) is 85.2 Å². The predicted molar refractivity (Wildman–Crippen MR) is 122 cm³/mol. The van der Waals surface area contributed by atoms with Crippen molar-refractivity contribution in [3.8, 4) is 0 Å². The monoisotopic (exact) mass is 431 g/mol. The molecule has 3 N–H and O–H groups in total. The number of hydrogen-bond acceptors (Lipinski definition) is 4. The number of hydrogen-bond donors (Lipinski definition) is 3. The molecule has 0 aliphatic rings. The number of carbonyl (C=O) groups excluding carboxylic acids is 2. The van der Waals surface area contributed by atoms with E-state index < -0.39 is 0 Å². The molecular formula is C23H21N5O2S. The quantitative estimate of drug-likeness (QED) is 0.401. The molecule has 0 aliphatic heterocycles. The van der Waals surface area contributed by atoms with Crippen molar-refractivity contribution < 1.29 is 9.59 Å². The Morgan fingerprint density at radius 1 is 0.871 bits per heavy atom. The lowest BCUT2D eigenvalue weighted by molar-refractivity contribution is 0.0955. The minimum Gasteiger partial charge on any atom is -0.347 e. The second kappa shape index (κ2) is 9.73. The zero-order valence-electron chi connectivity index (χ0n) is 16.6. The van der Waals surface area contributed by atoms with E-state index in [0.29, 0.717) is 28.7 Å². The maximum absolute atomic E-state index is 12.4. The first-order valence-corrected chi connectivity index (χ1v) is 10.5. The van der Waals surface area contributed by atoms with Gasteiger partial charge in [-0.25, -0.2) is 4.79 Å². The van der Waals surface area contributed by atoms with Gasteiger partial charge in [0.25, 0.3) is 5.91 Å². The molecule has 0 atom stereocenters.